The summed E-state index contributed by atoms with van der Waals surface area (Å²) in [5, 5.41) is 4.19. The van der Waals surface area contributed by atoms with E-state index in [1.807, 2.05) is 12.1 Å². The fourth-order valence-corrected chi connectivity index (χ4v) is 2.16. The van der Waals surface area contributed by atoms with E-state index in [0.29, 0.717) is 0 Å². The van der Waals surface area contributed by atoms with Crippen LogP contribution < -0.4 is 10.2 Å². The molecule has 82 valence electrons. The molecule has 0 saturated heterocycles. The maximum absolute atomic E-state index is 6.04. The molecule has 0 bridgehead atoms. The zero-order valence-electron chi connectivity index (χ0n) is 9.47. The average Bonchev–Trinajstić information content (AvgIpc) is 2.15. The highest BCUT2D eigenvalue weighted by molar-refractivity contribution is 6.31. The summed E-state index contributed by atoms with van der Waals surface area (Å²) < 4.78 is 0. The van der Waals surface area contributed by atoms with Gasteiger partial charge in [-0.2, -0.15) is 0 Å². The Hall–Kier alpha value is -0.890. The van der Waals surface area contributed by atoms with Crippen LogP contribution in [0.2, 0.25) is 5.02 Å². The molecule has 0 aromatic heterocycles. The van der Waals surface area contributed by atoms with Crippen molar-refractivity contribution in [1.29, 1.82) is 0 Å². The van der Waals surface area contributed by atoms with Crippen molar-refractivity contribution in [2.45, 2.75) is 26.3 Å². The van der Waals surface area contributed by atoms with Crippen molar-refractivity contribution in [2.24, 2.45) is 0 Å². The maximum Gasteiger partial charge on any atom is 0.0621 e. The largest absolute Gasteiger partial charge is 0.382 e. The summed E-state index contributed by atoms with van der Waals surface area (Å²) in [4.78, 5) is 2.39. The predicted molar refractivity (Wildman–Crippen MR) is 67.0 cm³/mol. The molecule has 0 radical (unpaired) electrons. The molecule has 1 aliphatic rings. The van der Waals surface area contributed by atoms with Gasteiger partial charge in [-0.1, -0.05) is 11.6 Å². The van der Waals surface area contributed by atoms with E-state index in [9.17, 15) is 0 Å². The zero-order chi connectivity index (χ0) is 11.1. The third-order valence-corrected chi connectivity index (χ3v) is 2.95. The van der Waals surface area contributed by atoms with Gasteiger partial charge in [0.25, 0.3) is 0 Å². The van der Waals surface area contributed by atoms with Crippen molar-refractivity contribution in [2.75, 3.05) is 23.3 Å². The van der Waals surface area contributed by atoms with Gasteiger partial charge >= 0.3 is 0 Å². The molecule has 1 N–H and O–H groups in total. The van der Waals surface area contributed by atoms with Gasteiger partial charge in [0.1, 0.15) is 0 Å². The highest BCUT2D eigenvalue weighted by Crippen LogP contribution is 2.35. The predicted octanol–water partition coefficient (Wildman–Crippen LogP) is 3.37. The van der Waals surface area contributed by atoms with Gasteiger partial charge in [-0.3, -0.25) is 0 Å². The second kappa shape index (κ2) is 3.60. The van der Waals surface area contributed by atoms with E-state index < -0.39 is 0 Å². The van der Waals surface area contributed by atoms with Crippen molar-refractivity contribution in [3.8, 4) is 0 Å². The first kappa shape index (κ1) is 10.6. The smallest absolute Gasteiger partial charge is 0.0621 e. The van der Waals surface area contributed by atoms with E-state index in [1.54, 1.807) is 0 Å². The quantitative estimate of drug-likeness (QED) is 0.727. The van der Waals surface area contributed by atoms with Crippen LogP contribution in [0.5, 0.6) is 0 Å². The summed E-state index contributed by atoms with van der Waals surface area (Å²) >= 11 is 6.04. The van der Waals surface area contributed by atoms with Crippen LogP contribution in [-0.4, -0.2) is 18.6 Å². The zero-order valence-corrected chi connectivity index (χ0v) is 10.2. The molecule has 1 aliphatic heterocycles. The van der Waals surface area contributed by atoms with Crippen LogP contribution in [0.25, 0.3) is 0 Å². The number of fused-ring (bicyclic) bond motifs is 1. The molecular formula is C12H17ClN2. The third-order valence-electron chi connectivity index (χ3n) is 2.71. The van der Waals surface area contributed by atoms with E-state index in [1.165, 1.54) is 11.4 Å². The fraction of sp³-hybridized carbons (Fsp3) is 0.500. The summed E-state index contributed by atoms with van der Waals surface area (Å²) in [6.45, 7) is 8.69. The summed E-state index contributed by atoms with van der Waals surface area (Å²) in [5.74, 6) is 0. The van der Waals surface area contributed by atoms with Crippen molar-refractivity contribution >= 4 is 23.0 Å². The summed E-state index contributed by atoms with van der Waals surface area (Å²) in [6.07, 6.45) is 0. The molecule has 1 heterocycles. The first-order valence-corrected chi connectivity index (χ1v) is 5.67. The molecule has 0 fully saturated rings. The van der Waals surface area contributed by atoms with Gasteiger partial charge < -0.3 is 10.2 Å². The van der Waals surface area contributed by atoms with E-state index >= 15 is 0 Å². The number of hydrogen-bond donors (Lipinski definition) is 1. The minimum absolute atomic E-state index is 0.140. The van der Waals surface area contributed by atoms with Crippen LogP contribution in [0.4, 0.5) is 11.4 Å². The lowest BCUT2D eigenvalue weighted by Crippen LogP contribution is -2.46. The lowest BCUT2D eigenvalue weighted by molar-refractivity contribution is 0.505. The Morgan fingerprint density at radius 2 is 2.07 bits per heavy atom. The normalized spacial score (nSPS) is 15.9. The van der Waals surface area contributed by atoms with Crippen molar-refractivity contribution < 1.29 is 0 Å². The topological polar surface area (TPSA) is 15.3 Å². The van der Waals surface area contributed by atoms with Crippen LogP contribution in [0.15, 0.2) is 18.2 Å². The van der Waals surface area contributed by atoms with Gasteiger partial charge in [-0.25, -0.2) is 0 Å². The van der Waals surface area contributed by atoms with Crippen molar-refractivity contribution in [3.05, 3.63) is 23.2 Å². The second-order valence-corrected chi connectivity index (χ2v) is 5.35. The first-order chi connectivity index (χ1) is 6.98. The highest BCUT2D eigenvalue weighted by Gasteiger charge is 2.26. The minimum Gasteiger partial charge on any atom is -0.382 e. The molecule has 0 atom stereocenters. The SMILES string of the molecule is CC(C)(C)N1CCNc2ccc(Cl)cc21. The standard InChI is InChI=1S/C12H17ClN2/c1-12(2,3)15-7-6-14-10-5-4-9(13)8-11(10)15/h4-5,8,14H,6-7H2,1-3H3. The number of anilines is 2. The molecule has 3 heteroatoms. The summed E-state index contributed by atoms with van der Waals surface area (Å²) in [5.41, 5.74) is 2.53. The Morgan fingerprint density at radius 1 is 1.33 bits per heavy atom. The van der Waals surface area contributed by atoms with E-state index in [0.717, 1.165) is 18.1 Å². The number of halogens is 1. The first-order valence-electron chi connectivity index (χ1n) is 5.29. The van der Waals surface area contributed by atoms with Crippen LogP contribution in [0.1, 0.15) is 20.8 Å². The fourth-order valence-electron chi connectivity index (χ4n) is 2.00. The number of benzene rings is 1. The van der Waals surface area contributed by atoms with Gasteiger partial charge in [0.2, 0.25) is 0 Å². The molecule has 0 unspecified atom stereocenters. The Kier molecular flexibility index (Phi) is 2.55. The average molecular weight is 225 g/mol. The highest BCUT2D eigenvalue weighted by atomic mass is 35.5. The molecule has 0 spiro atoms. The van der Waals surface area contributed by atoms with Crippen LogP contribution in [0, 0.1) is 0 Å². The van der Waals surface area contributed by atoms with Crippen molar-refractivity contribution in [3.63, 3.8) is 0 Å². The maximum atomic E-state index is 6.04. The van der Waals surface area contributed by atoms with Gasteiger partial charge in [-0.15, -0.1) is 0 Å². The van der Waals surface area contributed by atoms with Gasteiger partial charge in [0.05, 0.1) is 11.4 Å². The number of hydrogen-bond acceptors (Lipinski definition) is 2. The molecule has 0 aliphatic carbocycles. The second-order valence-electron chi connectivity index (χ2n) is 4.91. The summed E-state index contributed by atoms with van der Waals surface area (Å²) in [6, 6.07) is 6.02. The van der Waals surface area contributed by atoms with E-state index in [2.05, 4.69) is 37.1 Å². The third kappa shape index (κ3) is 2.05. The molecule has 2 rings (SSSR count). The van der Waals surface area contributed by atoms with Gasteiger partial charge in [0, 0.05) is 23.7 Å². The van der Waals surface area contributed by atoms with Crippen LogP contribution in [-0.2, 0) is 0 Å². The number of rotatable bonds is 0. The Morgan fingerprint density at radius 3 is 2.73 bits per heavy atom. The lowest BCUT2D eigenvalue weighted by Gasteiger charge is -2.42. The van der Waals surface area contributed by atoms with Crippen LogP contribution >= 0.6 is 11.6 Å². The number of nitrogens with zero attached hydrogens (tertiary/aromatic N) is 1. The molecular weight excluding hydrogens is 208 g/mol. The van der Waals surface area contributed by atoms with Gasteiger partial charge in [0.15, 0.2) is 0 Å². The lowest BCUT2D eigenvalue weighted by atomic mass is 10.0. The molecule has 1 aromatic carbocycles. The monoisotopic (exact) mass is 224 g/mol. The molecule has 0 amide bonds. The molecule has 2 nitrogen and oxygen atoms in total. The Balaban J connectivity index is 2.45. The molecule has 0 saturated carbocycles. The van der Waals surface area contributed by atoms with Crippen LogP contribution in [0.3, 0.4) is 0 Å². The Bertz CT molecular complexity index is 368. The minimum atomic E-state index is 0.140. The van der Waals surface area contributed by atoms with Crippen molar-refractivity contribution in [1.82, 2.24) is 0 Å². The molecule has 15 heavy (non-hydrogen) atoms. The Labute approximate surface area is 96.2 Å². The van der Waals surface area contributed by atoms with E-state index in [-0.39, 0.29) is 5.54 Å². The van der Waals surface area contributed by atoms with E-state index in [4.69, 9.17) is 11.6 Å². The number of nitrogens with one attached hydrogen (secondary N) is 1. The van der Waals surface area contributed by atoms with Gasteiger partial charge in [-0.05, 0) is 39.0 Å². The summed E-state index contributed by atoms with van der Waals surface area (Å²) in [7, 11) is 0. The molecule has 1 aromatic rings.